The average molecular weight is 309 g/mol. The first-order chi connectivity index (χ1) is 9.68. The zero-order valence-corrected chi connectivity index (χ0v) is 12.5. The molecule has 0 atom stereocenters. The lowest BCUT2D eigenvalue weighted by Crippen LogP contribution is -2.18. The molecule has 0 radical (unpaired) electrons. The van der Waals surface area contributed by atoms with Gasteiger partial charge in [-0.25, -0.2) is 0 Å². The molecule has 0 unspecified atom stereocenters. The van der Waals surface area contributed by atoms with Crippen LogP contribution in [0.5, 0.6) is 5.75 Å². The Morgan fingerprint density at radius 1 is 0.952 bits per heavy atom. The molecule has 2 N–H and O–H groups in total. The molecule has 0 aliphatic rings. The van der Waals surface area contributed by atoms with Crippen LogP contribution >= 0.6 is 0 Å². The predicted molar refractivity (Wildman–Crippen MR) is 80.1 cm³/mol. The van der Waals surface area contributed by atoms with E-state index in [0.717, 1.165) is 11.1 Å². The van der Waals surface area contributed by atoms with E-state index in [-0.39, 0.29) is 11.2 Å². The maximum Gasteiger partial charge on any atom is 0.488 e. The van der Waals surface area contributed by atoms with E-state index < -0.39 is 10.5 Å². The Balaban J connectivity index is 2.30. The molecule has 0 aliphatic heterocycles. The number of hydrogen-bond donors (Lipinski definition) is 1. The van der Waals surface area contributed by atoms with E-state index in [9.17, 15) is 12.3 Å². The fourth-order valence-corrected chi connectivity index (χ4v) is 2.45. The smallest absolute Gasteiger partial charge is 0.399 e. The first kappa shape index (κ1) is 15.3. The molecule has 0 saturated carbocycles. The molecular formula is C15H16FNO3S. The summed E-state index contributed by atoms with van der Waals surface area (Å²) in [7, 11) is -5.00. The van der Waals surface area contributed by atoms with Gasteiger partial charge in [0.25, 0.3) is 0 Å². The normalized spacial score (nSPS) is 12.1. The van der Waals surface area contributed by atoms with Crippen molar-refractivity contribution >= 4 is 16.2 Å². The van der Waals surface area contributed by atoms with Gasteiger partial charge in [-0.2, -0.15) is 8.42 Å². The third-order valence-corrected chi connectivity index (χ3v) is 3.80. The lowest BCUT2D eigenvalue weighted by Gasteiger charge is -2.26. The number of nitrogen functional groups attached to an aromatic ring is 1. The van der Waals surface area contributed by atoms with E-state index >= 15 is 0 Å². The van der Waals surface area contributed by atoms with Crippen molar-refractivity contribution in [3.63, 3.8) is 0 Å². The molecular weight excluding hydrogens is 293 g/mol. The van der Waals surface area contributed by atoms with Crippen LogP contribution in [0.1, 0.15) is 25.0 Å². The largest absolute Gasteiger partial charge is 0.488 e. The van der Waals surface area contributed by atoms with Crippen molar-refractivity contribution in [2.45, 2.75) is 19.3 Å². The summed E-state index contributed by atoms with van der Waals surface area (Å²) in [6.45, 7) is 4.06. The topological polar surface area (TPSA) is 69.4 Å². The molecule has 2 aromatic rings. The van der Waals surface area contributed by atoms with Crippen LogP contribution in [0.15, 0.2) is 48.5 Å². The first-order valence-corrected chi connectivity index (χ1v) is 7.60. The minimum Gasteiger partial charge on any atom is -0.399 e. The van der Waals surface area contributed by atoms with Crippen molar-refractivity contribution in [1.82, 2.24) is 0 Å². The summed E-state index contributed by atoms with van der Waals surface area (Å²) in [5.41, 5.74) is 8.06. The molecule has 0 aliphatic carbocycles. The third kappa shape index (κ3) is 3.72. The zero-order chi connectivity index (χ0) is 15.7. The summed E-state index contributed by atoms with van der Waals surface area (Å²) >= 11 is 0. The molecule has 0 spiro atoms. The second-order valence-corrected chi connectivity index (χ2v) is 6.20. The van der Waals surface area contributed by atoms with Crippen molar-refractivity contribution < 1.29 is 16.5 Å². The lowest BCUT2D eigenvalue weighted by atomic mass is 9.78. The summed E-state index contributed by atoms with van der Waals surface area (Å²) in [5.74, 6) is -0.0608. The average Bonchev–Trinajstić information content (AvgIpc) is 2.38. The highest BCUT2D eigenvalue weighted by atomic mass is 32.3. The van der Waals surface area contributed by atoms with Crippen molar-refractivity contribution in [2.75, 3.05) is 5.73 Å². The van der Waals surface area contributed by atoms with Crippen molar-refractivity contribution in [3.8, 4) is 5.75 Å². The van der Waals surface area contributed by atoms with Crippen LogP contribution in [0, 0.1) is 0 Å². The van der Waals surface area contributed by atoms with Crippen LogP contribution in [-0.4, -0.2) is 8.42 Å². The lowest BCUT2D eigenvalue weighted by molar-refractivity contribution is 0.440. The zero-order valence-electron chi connectivity index (χ0n) is 11.7. The monoisotopic (exact) mass is 309 g/mol. The summed E-state index contributed by atoms with van der Waals surface area (Å²) in [6, 6.07) is 13.8. The quantitative estimate of drug-likeness (QED) is 0.695. The Bertz CT molecular complexity index is 723. The molecule has 0 amide bonds. The molecule has 2 rings (SSSR count). The molecule has 0 bridgehead atoms. The van der Waals surface area contributed by atoms with Gasteiger partial charge in [0.2, 0.25) is 0 Å². The summed E-state index contributed by atoms with van der Waals surface area (Å²) in [4.78, 5) is 0. The molecule has 6 heteroatoms. The Morgan fingerprint density at radius 2 is 1.38 bits per heavy atom. The van der Waals surface area contributed by atoms with Gasteiger partial charge >= 0.3 is 10.5 Å². The number of rotatable bonds is 4. The second kappa shape index (κ2) is 5.37. The maximum absolute atomic E-state index is 12.5. The Morgan fingerprint density at radius 3 is 1.81 bits per heavy atom. The molecule has 0 heterocycles. The maximum atomic E-state index is 12.5. The highest BCUT2D eigenvalue weighted by molar-refractivity contribution is 7.81. The van der Waals surface area contributed by atoms with E-state index in [1.807, 2.05) is 38.1 Å². The third-order valence-electron chi connectivity index (χ3n) is 3.40. The molecule has 0 fully saturated rings. The van der Waals surface area contributed by atoms with Gasteiger partial charge in [-0.05, 0) is 35.4 Å². The number of benzene rings is 2. The number of anilines is 1. The Kier molecular flexibility index (Phi) is 3.91. The summed E-state index contributed by atoms with van der Waals surface area (Å²) in [5, 5.41) is 0. The van der Waals surface area contributed by atoms with E-state index in [0.29, 0.717) is 5.69 Å². The van der Waals surface area contributed by atoms with Crippen molar-refractivity contribution in [3.05, 3.63) is 59.7 Å². The van der Waals surface area contributed by atoms with Gasteiger partial charge in [0.1, 0.15) is 5.75 Å². The van der Waals surface area contributed by atoms with E-state index in [1.54, 1.807) is 12.1 Å². The van der Waals surface area contributed by atoms with Gasteiger partial charge in [0.15, 0.2) is 0 Å². The second-order valence-electron chi connectivity index (χ2n) is 5.25. The van der Waals surface area contributed by atoms with Gasteiger partial charge in [0.05, 0.1) is 0 Å². The van der Waals surface area contributed by atoms with Crippen molar-refractivity contribution in [2.24, 2.45) is 0 Å². The van der Waals surface area contributed by atoms with Crippen LogP contribution in [0.2, 0.25) is 0 Å². The standard InChI is InChI=1S/C15H16FNO3S/c1-15(2,11-3-7-13(17)8-4-11)12-5-9-14(10-6-12)20-21(16,18)19/h3-10H,17H2,1-2H3. The molecule has 2 aromatic carbocycles. The van der Waals surface area contributed by atoms with E-state index in [2.05, 4.69) is 4.18 Å². The molecule has 21 heavy (non-hydrogen) atoms. The predicted octanol–water partition coefficient (Wildman–Crippen LogP) is 3.19. The van der Waals surface area contributed by atoms with Gasteiger partial charge in [-0.3, -0.25) is 0 Å². The number of hydrogen-bond acceptors (Lipinski definition) is 4. The van der Waals surface area contributed by atoms with Crippen LogP contribution in [0.25, 0.3) is 0 Å². The molecule has 0 aromatic heterocycles. The molecule has 4 nitrogen and oxygen atoms in total. The van der Waals surface area contributed by atoms with Gasteiger partial charge in [-0.15, -0.1) is 0 Å². The van der Waals surface area contributed by atoms with Crippen molar-refractivity contribution in [1.29, 1.82) is 0 Å². The van der Waals surface area contributed by atoms with Gasteiger partial charge < -0.3 is 9.92 Å². The van der Waals surface area contributed by atoms with Crippen LogP contribution in [-0.2, 0) is 15.9 Å². The molecule has 112 valence electrons. The minimum absolute atomic E-state index is 0.0608. The number of nitrogens with two attached hydrogens (primary N) is 1. The highest BCUT2D eigenvalue weighted by Crippen LogP contribution is 2.32. The summed E-state index contributed by atoms with van der Waals surface area (Å²) < 4.78 is 37.5. The first-order valence-electron chi connectivity index (χ1n) is 6.29. The summed E-state index contributed by atoms with van der Waals surface area (Å²) in [6.07, 6.45) is 0. The van der Waals surface area contributed by atoms with Crippen LogP contribution in [0.3, 0.4) is 0 Å². The Labute approximate surface area is 123 Å². The Hall–Kier alpha value is -2.08. The molecule has 0 saturated heterocycles. The van der Waals surface area contributed by atoms with Gasteiger partial charge in [0, 0.05) is 11.1 Å². The van der Waals surface area contributed by atoms with Gasteiger partial charge in [-0.1, -0.05) is 42.0 Å². The SMILES string of the molecule is CC(C)(c1ccc(N)cc1)c1ccc(OS(=O)(=O)F)cc1. The van der Waals surface area contributed by atoms with Crippen LogP contribution < -0.4 is 9.92 Å². The van der Waals surface area contributed by atoms with E-state index in [4.69, 9.17) is 5.73 Å². The van der Waals surface area contributed by atoms with E-state index in [1.165, 1.54) is 12.1 Å². The number of halogens is 1. The van der Waals surface area contributed by atoms with Crippen LogP contribution in [0.4, 0.5) is 9.57 Å². The minimum atomic E-state index is -5.00. The highest BCUT2D eigenvalue weighted by Gasteiger charge is 2.23. The fraction of sp³-hybridized carbons (Fsp3) is 0.200. The fourth-order valence-electron chi connectivity index (χ4n) is 2.11.